The second-order valence-electron chi connectivity index (χ2n) is 6.14. The Balaban J connectivity index is 1.60. The van der Waals surface area contributed by atoms with Crippen molar-refractivity contribution in [3.63, 3.8) is 0 Å². The highest BCUT2D eigenvalue weighted by Gasteiger charge is 2.16. The zero-order chi connectivity index (χ0) is 21.7. The number of thioether (sulfide) groups is 1. The van der Waals surface area contributed by atoms with Crippen LogP contribution in [0.2, 0.25) is 0 Å². The average Bonchev–Trinajstić information content (AvgIpc) is 2.70. The van der Waals surface area contributed by atoms with E-state index in [1.165, 1.54) is 42.1 Å². The third kappa shape index (κ3) is 5.83. The van der Waals surface area contributed by atoms with Crippen LogP contribution in [0.1, 0.15) is 12.7 Å². The van der Waals surface area contributed by atoms with Crippen molar-refractivity contribution in [1.29, 1.82) is 0 Å². The van der Waals surface area contributed by atoms with Gasteiger partial charge in [-0.05, 0) is 43.3 Å². The zero-order valence-electron chi connectivity index (χ0n) is 15.7. The van der Waals surface area contributed by atoms with Gasteiger partial charge in [-0.25, -0.2) is 13.2 Å². The number of rotatable bonds is 7. The number of aromatic nitrogens is 3. The fourth-order valence-electron chi connectivity index (χ4n) is 2.31. The first-order chi connectivity index (χ1) is 14.3. The number of benzene rings is 2. The molecular weight excluding hydrogens is 417 g/mol. The first kappa shape index (κ1) is 21.4. The molecule has 2 aromatic carbocycles. The Morgan fingerprint density at radius 2 is 1.73 bits per heavy atom. The van der Waals surface area contributed by atoms with Gasteiger partial charge in [0, 0.05) is 17.4 Å². The quantitative estimate of drug-likeness (QED) is 0.518. The third-order valence-corrected chi connectivity index (χ3v) is 4.96. The zero-order valence-corrected chi connectivity index (χ0v) is 16.5. The molecule has 30 heavy (non-hydrogen) atoms. The smallest absolute Gasteiger partial charge is 0.237 e. The van der Waals surface area contributed by atoms with Gasteiger partial charge < -0.3 is 16.4 Å². The molecule has 0 aliphatic carbocycles. The largest absolute Gasteiger partial charge is 0.368 e. The van der Waals surface area contributed by atoms with Crippen LogP contribution in [0.4, 0.5) is 36.4 Å². The predicted octanol–water partition coefficient (Wildman–Crippen LogP) is 3.88. The van der Waals surface area contributed by atoms with E-state index in [0.717, 1.165) is 12.1 Å². The Morgan fingerprint density at radius 1 is 1.03 bits per heavy atom. The van der Waals surface area contributed by atoms with Crippen LogP contribution in [-0.4, -0.2) is 26.1 Å². The van der Waals surface area contributed by atoms with E-state index in [1.807, 2.05) is 0 Å². The lowest BCUT2D eigenvalue weighted by molar-refractivity contribution is -0.115. The van der Waals surface area contributed by atoms with E-state index in [9.17, 15) is 18.0 Å². The van der Waals surface area contributed by atoms with E-state index >= 15 is 0 Å². The van der Waals surface area contributed by atoms with Crippen LogP contribution in [-0.2, 0) is 10.5 Å². The fraction of sp³-hybridized carbons (Fsp3) is 0.158. The van der Waals surface area contributed by atoms with E-state index in [0.29, 0.717) is 11.5 Å². The minimum atomic E-state index is -1.05. The minimum Gasteiger partial charge on any atom is -0.368 e. The van der Waals surface area contributed by atoms with Gasteiger partial charge in [0.25, 0.3) is 0 Å². The number of nitrogen functional groups attached to an aromatic ring is 1. The second-order valence-corrected chi connectivity index (χ2v) is 7.47. The lowest BCUT2D eigenvalue weighted by atomic mass is 10.3. The van der Waals surface area contributed by atoms with Crippen LogP contribution in [0, 0.1) is 17.5 Å². The molecule has 1 amide bonds. The van der Waals surface area contributed by atoms with Crippen LogP contribution in [0.3, 0.4) is 0 Å². The molecule has 156 valence electrons. The van der Waals surface area contributed by atoms with Gasteiger partial charge in [-0.2, -0.15) is 15.0 Å². The van der Waals surface area contributed by atoms with E-state index in [4.69, 9.17) is 5.73 Å². The molecule has 1 aromatic heterocycles. The highest BCUT2D eigenvalue weighted by molar-refractivity contribution is 7.99. The van der Waals surface area contributed by atoms with E-state index in [-0.39, 0.29) is 29.2 Å². The number of hydrogen-bond donors (Lipinski definition) is 3. The molecule has 0 saturated heterocycles. The van der Waals surface area contributed by atoms with Crippen molar-refractivity contribution < 1.29 is 18.0 Å². The van der Waals surface area contributed by atoms with E-state index in [1.54, 1.807) is 6.92 Å². The molecule has 11 heteroatoms. The first-order valence-corrected chi connectivity index (χ1v) is 9.75. The lowest BCUT2D eigenvalue weighted by Gasteiger charge is -2.12. The first-order valence-electron chi connectivity index (χ1n) is 8.70. The van der Waals surface area contributed by atoms with Crippen molar-refractivity contribution in [3.8, 4) is 0 Å². The molecule has 0 aliphatic heterocycles. The molecule has 0 radical (unpaired) electrons. The Labute approximate surface area is 174 Å². The molecule has 3 rings (SSSR count). The van der Waals surface area contributed by atoms with Crippen molar-refractivity contribution in [1.82, 2.24) is 15.0 Å². The Hall–Kier alpha value is -3.34. The summed E-state index contributed by atoms with van der Waals surface area (Å²) < 4.78 is 39.3. The van der Waals surface area contributed by atoms with Gasteiger partial charge in [-0.3, -0.25) is 4.79 Å². The van der Waals surface area contributed by atoms with Crippen molar-refractivity contribution in [2.45, 2.75) is 17.9 Å². The number of nitrogens with two attached hydrogens (primary N) is 1. The highest BCUT2D eigenvalue weighted by atomic mass is 32.2. The molecule has 3 aromatic rings. The second kappa shape index (κ2) is 9.44. The molecule has 0 bridgehead atoms. The number of carbonyl (C=O) groups excluding carboxylic acids is 1. The van der Waals surface area contributed by atoms with E-state index < -0.39 is 22.8 Å². The molecular formula is C19H17F3N6OS. The van der Waals surface area contributed by atoms with Crippen molar-refractivity contribution in [2.75, 3.05) is 16.4 Å². The number of anilines is 4. The SMILES string of the molecule is CC(SCc1nc(N)nc(Nc2ccc(F)cc2)n1)C(=O)Nc1ccc(F)c(F)c1. The van der Waals surface area contributed by atoms with E-state index in [2.05, 4.69) is 25.6 Å². The van der Waals surface area contributed by atoms with Gasteiger partial charge in [-0.15, -0.1) is 11.8 Å². The predicted molar refractivity (Wildman–Crippen MR) is 110 cm³/mol. The van der Waals surface area contributed by atoms with Crippen LogP contribution in [0.5, 0.6) is 0 Å². The molecule has 0 spiro atoms. The monoisotopic (exact) mass is 434 g/mol. The summed E-state index contributed by atoms with van der Waals surface area (Å²) in [5.74, 6) is -2.04. The molecule has 4 N–H and O–H groups in total. The third-order valence-electron chi connectivity index (χ3n) is 3.82. The van der Waals surface area contributed by atoms with Gasteiger partial charge in [0.1, 0.15) is 11.6 Å². The summed E-state index contributed by atoms with van der Waals surface area (Å²) in [4.78, 5) is 24.5. The van der Waals surface area contributed by atoms with Crippen LogP contribution in [0.25, 0.3) is 0 Å². The normalized spacial score (nSPS) is 11.7. The van der Waals surface area contributed by atoms with Crippen LogP contribution in [0.15, 0.2) is 42.5 Å². The van der Waals surface area contributed by atoms with Crippen molar-refractivity contribution in [2.24, 2.45) is 0 Å². The average molecular weight is 434 g/mol. The molecule has 0 saturated carbocycles. The van der Waals surface area contributed by atoms with Crippen LogP contribution < -0.4 is 16.4 Å². The fourth-order valence-corrected chi connectivity index (χ4v) is 3.05. The molecule has 1 unspecified atom stereocenters. The molecule has 1 atom stereocenters. The Kier molecular flexibility index (Phi) is 6.72. The summed E-state index contributed by atoms with van der Waals surface area (Å²) in [6.07, 6.45) is 0. The summed E-state index contributed by atoms with van der Waals surface area (Å²) in [6, 6.07) is 8.74. The lowest BCUT2D eigenvalue weighted by Crippen LogP contribution is -2.23. The van der Waals surface area contributed by atoms with Gasteiger partial charge in [-0.1, -0.05) is 0 Å². The molecule has 7 nitrogen and oxygen atoms in total. The molecule has 0 fully saturated rings. The number of amides is 1. The van der Waals surface area contributed by atoms with Crippen LogP contribution >= 0.6 is 11.8 Å². The van der Waals surface area contributed by atoms with Gasteiger partial charge in [0.05, 0.1) is 11.0 Å². The van der Waals surface area contributed by atoms with Gasteiger partial charge >= 0.3 is 0 Å². The standard InChI is InChI=1S/C19H17F3N6OS/c1-10(17(29)24-13-6-7-14(21)15(22)8-13)30-9-16-26-18(23)28-19(27-16)25-12-4-2-11(20)3-5-12/h2-8,10H,9H2,1H3,(H,24,29)(H3,23,25,26,27,28). The van der Waals surface area contributed by atoms with Crippen molar-refractivity contribution in [3.05, 3.63) is 65.7 Å². The number of hydrogen-bond acceptors (Lipinski definition) is 7. The van der Waals surface area contributed by atoms with Gasteiger partial charge in [0.2, 0.25) is 17.8 Å². The molecule has 0 aliphatic rings. The maximum Gasteiger partial charge on any atom is 0.237 e. The summed E-state index contributed by atoms with van der Waals surface area (Å²) in [5.41, 5.74) is 6.44. The number of nitrogens with zero attached hydrogens (tertiary/aromatic N) is 3. The number of halogens is 3. The maximum absolute atomic E-state index is 13.3. The maximum atomic E-state index is 13.3. The highest BCUT2D eigenvalue weighted by Crippen LogP contribution is 2.20. The topological polar surface area (TPSA) is 106 Å². The Morgan fingerprint density at radius 3 is 2.43 bits per heavy atom. The number of carbonyl (C=O) groups is 1. The summed E-state index contributed by atoms with van der Waals surface area (Å²) in [6.45, 7) is 1.65. The molecule has 1 heterocycles. The summed E-state index contributed by atoms with van der Waals surface area (Å²) in [7, 11) is 0. The minimum absolute atomic E-state index is 0.0101. The van der Waals surface area contributed by atoms with Gasteiger partial charge in [0.15, 0.2) is 11.6 Å². The van der Waals surface area contributed by atoms with Crippen molar-refractivity contribution >= 4 is 40.9 Å². The number of nitrogens with one attached hydrogen (secondary N) is 2. The Bertz CT molecular complexity index is 1050. The summed E-state index contributed by atoms with van der Waals surface area (Å²) in [5, 5.41) is 4.88. The summed E-state index contributed by atoms with van der Waals surface area (Å²) >= 11 is 1.22.